The van der Waals surface area contributed by atoms with Gasteiger partial charge in [0, 0.05) is 12.1 Å². The molecule has 2 saturated carbocycles. The first-order valence-corrected chi connectivity index (χ1v) is 12.8. The maximum Gasteiger partial charge on any atom is 0.321 e. The number of carbonyl (C=O) groups is 2. The van der Waals surface area contributed by atoms with Gasteiger partial charge in [-0.1, -0.05) is 44.6 Å². The summed E-state index contributed by atoms with van der Waals surface area (Å²) in [6.45, 7) is -0.813. The Morgan fingerprint density at radius 1 is 1.03 bits per heavy atom. The summed E-state index contributed by atoms with van der Waals surface area (Å²) in [7, 11) is -3.73. The maximum absolute atomic E-state index is 12.9. The SMILES string of the molecule is O=C(CNS(=O)(=O)c1cccs1)OCC(=O)N(C1CCCCC1)C1CCCCC1. The number of amides is 1. The van der Waals surface area contributed by atoms with Crippen LogP contribution in [0.3, 0.4) is 0 Å². The number of carbonyl (C=O) groups excluding carboxylic acids is 2. The molecule has 0 bridgehead atoms. The summed E-state index contributed by atoms with van der Waals surface area (Å²) in [6.07, 6.45) is 11.0. The molecule has 0 aromatic carbocycles. The van der Waals surface area contributed by atoms with Gasteiger partial charge in [-0.05, 0) is 37.1 Å². The lowest BCUT2D eigenvalue weighted by atomic mass is 9.88. The Bertz CT molecular complexity index is 749. The van der Waals surface area contributed by atoms with Gasteiger partial charge in [0.05, 0.1) is 0 Å². The van der Waals surface area contributed by atoms with E-state index in [-0.39, 0.29) is 28.8 Å². The van der Waals surface area contributed by atoms with Crippen LogP contribution in [0.25, 0.3) is 0 Å². The minimum absolute atomic E-state index is 0.141. The summed E-state index contributed by atoms with van der Waals surface area (Å²) >= 11 is 1.07. The fraction of sp³-hybridized carbons (Fsp3) is 0.700. The fourth-order valence-electron chi connectivity index (χ4n) is 4.33. The van der Waals surface area contributed by atoms with Crippen molar-refractivity contribution in [2.24, 2.45) is 0 Å². The summed E-state index contributed by atoms with van der Waals surface area (Å²) in [4.78, 5) is 27.0. The second-order valence-electron chi connectivity index (χ2n) is 7.80. The number of hydrogen-bond acceptors (Lipinski definition) is 6. The van der Waals surface area contributed by atoms with E-state index in [1.807, 2.05) is 4.90 Å². The molecule has 0 saturated heterocycles. The van der Waals surface area contributed by atoms with Crippen molar-refractivity contribution in [2.75, 3.05) is 13.2 Å². The Kier molecular flexibility index (Phi) is 8.08. The Morgan fingerprint density at radius 3 is 2.14 bits per heavy atom. The first-order valence-electron chi connectivity index (χ1n) is 10.5. The summed E-state index contributed by atoms with van der Waals surface area (Å²) in [6, 6.07) is 3.56. The van der Waals surface area contributed by atoms with Gasteiger partial charge in [-0.2, -0.15) is 4.72 Å². The quantitative estimate of drug-likeness (QED) is 0.625. The first kappa shape index (κ1) is 22.2. The van der Waals surface area contributed by atoms with E-state index in [4.69, 9.17) is 4.74 Å². The van der Waals surface area contributed by atoms with Crippen LogP contribution in [0.15, 0.2) is 21.7 Å². The standard InChI is InChI=1S/C20H30N2O5S2/c23-18(15-27-19(24)14-21-29(25,26)20-12-7-13-28-20)22(16-8-3-1-4-9-16)17-10-5-2-6-11-17/h7,12-13,16-17,21H,1-6,8-11,14-15H2. The Balaban J connectivity index is 1.52. The summed E-state index contributed by atoms with van der Waals surface area (Å²) < 4.78 is 31.6. The van der Waals surface area contributed by atoms with Crippen molar-refractivity contribution < 1.29 is 22.7 Å². The Hall–Kier alpha value is -1.45. The smallest absolute Gasteiger partial charge is 0.321 e. The van der Waals surface area contributed by atoms with Crippen molar-refractivity contribution in [3.63, 3.8) is 0 Å². The van der Waals surface area contributed by atoms with Gasteiger partial charge in [0.15, 0.2) is 6.61 Å². The number of thiophene rings is 1. The molecule has 2 fully saturated rings. The predicted molar refractivity (Wildman–Crippen MR) is 111 cm³/mol. The van der Waals surface area contributed by atoms with E-state index >= 15 is 0 Å². The lowest BCUT2D eigenvalue weighted by Gasteiger charge is -2.41. The van der Waals surface area contributed by atoms with Crippen LogP contribution in [-0.4, -0.2) is 50.4 Å². The minimum atomic E-state index is -3.73. The Labute approximate surface area is 176 Å². The molecule has 1 aromatic heterocycles. The largest absolute Gasteiger partial charge is 0.455 e. The summed E-state index contributed by atoms with van der Waals surface area (Å²) in [5, 5.41) is 1.65. The highest BCUT2D eigenvalue weighted by molar-refractivity contribution is 7.91. The molecule has 9 heteroatoms. The van der Waals surface area contributed by atoms with Crippen molar-refractivity contribution in [1.29, 1.82) is 0 Å². The van der Waals surface area contributed by atoms with E-state index in [1.54, 1.807) is 11.4 Å². The highest BCUT2D eigenvalue weighted by Gasteiger charge is 2.32. The molecule has 162 valence electrons. The van der Waals surface area contributed by atoms with Gasteiger partial charge in [-0.15, -0.1) is 11.3 Å². The van der Waals surface area contributed by atoms with E-state index in [1.165, 1.54) is 18.9 Å². The van der Waals surface area contributed by atoms with E-state index < -0.39 is 22.5 Å². The number of nitrogens with one attached hydrogen (secondary N) is 1. The van der Waals surface area contributed by atoms with Crippen LogP contribution in [0.1, 0.15) is 64.2 Å². The average molecular weight is 443 g/mol. The molecule has 2 aliphatic carbocycles. The van der Waals surface area contributed by atoms with E-state index in [2.05, 4.69) is 4.72 Å². The first-order chi connectivity index (χ1) is 14.0. The molecule has 3 rings (SSSR count). The zero-order valence-corrected chi connectivity index (χ0v) is 18.3. The van der Waals surface area contributed by atoms with Gasteiger partial charge < -0.3 is 9.64 Å². The van der Waals surface area contributed by atoms with Crippen LogP contribution < -0.4 is 4.72 Å². The van der Waals surface area contributed by atoms with Crippen LogP contribution >= 0.6 is 11.3 Å². The molecule has 1 aromatic rings. The number of esters is 1. The van der Waals surface area contributed by atoms with Crippen molar-refractivity contribution in [2.45, 2.75) is 80.5 Å². The molecule has 7 nitrogen and oxygen atoms in total. The van der Waals surface area contributed by atoms with E-state index in [0.29, 0.717) is 0 Å². The van der Waals surface area contributed by atoms with Gasteiger partial charge in [-0.25, -0.2) is 8.42 Å². The molecule has 0 atom stereocenters. The molecule has 1 amide bonds. The van der Waals surface area contributed by atoms with Crippen LogP contribution in [0, 0.1) is 0 Å². The van der Waals surface area contributed by atoms with Gasteiger partial charge in [0.25, 0.3) is 15.9 Å². The molecule has 1 N–H and O–H groups in total. The number of rotatable bonds is 8. The van der Waals surface area contributed by atoms with Gasteiger partial charge >= 0.3 is 5.97 Å². The fourth-order valence-corrected chi connectivity index (χ4v) is 6.34. The van der Waals surface area contributed by atoms with E-state index in [9.17, 15) is 18.0 Å². The second kappa shape index (κ2) is 10.5. The number of ether oxygens (including phenoxy) is 1. The molecular weight excluding hydrogens is 412 g/mol. The molecule has 1 heterocycles. The molecular formula is C20H30N2O5S2. The lowest BCUT2D eigenvalue weighted by molar-refractivity contribution is -0.154. The number of nitrogens with zero attached hydrogens (tertiary/aromatic N) is 1. The van der Waals surface area contributed by atoms with Gasteiger partial charge in [0.1, 0.15) is 10.8 Å². The topological polar surface area (TPSA) is 92.8 Å². The predicted octanol–water partition coefficient (Wildman–Crippen LogP) is 3.06. The highest BCUT2D eigenvalue weighted by atomic mass is 32.2. The third-order valence-electron chi connectivity index (χ3n) is 5.75. The molecule has 29 heavy (non-hydrogen) atoms. The third-order valence-corrected chi connectivity index (χ3v) is 8.55. The van der Waals surface area contributed by atoms with E-state index in [0.717, 1.165) is 62.7 Å². The zero-order valence-electron chi connectivity index (χ0n) is 16.7. The molecule has 0 spiro atoms. The lowest BCUT2D eigenvalue weighted by Crippen LogP contribution is -2.50. The van der Waals surface area contributed by atoms with Crippen molar-refractivity contribution >= 4 is 33.2 Å². The highest BCUT2D eigenvalue weighted by Crippen LogP contribution is 2.30. The monoisotopic (exact) mass is 442 g/mol. The molecule has 0 radical (unpaired) electrons. The number of hydrogen-bond donors (Lipinski definition) is 1. The summed E-state index contributed by atoms with van der Waals surface area (Å²) in [5.74, 6) is -0.899. The Morgan fingerprint density at radius 2 is 1.62 bits per heavy atom. The van der Waals surface area contributed by atoms with Crippen molar-refractivity contribution in [1.82, 2.24) is 9.62 Å². The molecule has 0 unspecified atom stereocenters. The average Bonchev–Trinajstić information content (AvgIpc) is 3.29. The minimum Gasteiger partial charge on any atom is -0.455 e. The number of sulfonamides is 1. The second-order valence-corrected chi connectivity index (χ2v) is 10.7. The van der Waals surface area contributed by atoms with Crippen LogP contribution in [0.4, 0.5) is 0 Å². The maximum atomic E-state index is 12.9. The van der Waals surface area contributed by atoms with Crippen molar-refractivity contribution in [3.8, 4) is 0 Å². The van der Waals surface area contributed by atoms with Crippen LogP contribution in [0.5, 0.6) is 0 Å². The molecule has 2 aliphatic rings. The molecule has 0 aliphatic heterocycles. The van der Waals surface area contributed by atoms with Crippen LogP contribution in [0.2, 0.25) is 0 Å². The summed E-state index contributed by atoms with van der Waals surface area (Å²) in [5.41, 5.74) is 0. The van der Waals surface area contributed by atoms with Crippen molar-refractivity contribution in [3.05, 3.63) is 17.5 Å². The third kappa shape index (κ3) is 6.26. The van der Waals surface area contributed by atoms with Gasteiger partial charge in [-0.3, -0.25) is 9.59 Å². The zero-order chi connectivity index (χ0) is 20.7. The normalized spacial score (nSPS) is 19.0. The van der Waals surface area contributed by atoms with Gasteiger partial charge in [0.2, 0.25) is 0 Å². The van der Waals surface area contributed by atoms with Crippen LogP contribution in [-0.2, 0) is 24.3 Å².